The van der Waals surface area contributed by atoms with Crippen LogP contribution in [0.15, 0.2) is 36.4 Å². The molecule has 2 aliphatic heterocycles. The van der Waals surface area contributed by atoms with Crippen LogP contribution in [0.1, 0.15) is 50.7 Å². The van der Waals surface area contributed by atoms with Gasteiger partial charge in [-0.25, -0.2) is 8.78 Å². The highest BCUT2D eigenvalue weighted by molar-refractivity contribution is 5.66. The van der Waals surface area contributed by atoms with Crippen LogP contribution in [0.4, 0.5) is 8.78 Å². The number of unbranched alkanes of at least 4 members (excludes halogenated alkanes) is 2. The number of halogens is 2. The summed E-state index contributed by atoms with van der Waals surface area (Å²) in [4.78, 5) is 0. The molecule has 27 heavy (non-hydrogen) atoms. The first-order valence-electron chi connectivity index (χ1n) is 9.99. The molecular formula is C23H26F2O2. The number of benzene rings is 2. The Kier molecular flexibility index (Phi) is 5.44. The topological polar surface area (TPSA) is 18.5 Å². The molecule has 0 N–H and O–H groups in total. The van der Waals surface area contributed by atoms with Gasteiger partial charge in [0.1, 0.15) is 5.75 Å². The molecule has 3 atom stereocenters. The predicted molar refractivity (Wildman–Crippen MR) is 102 cm³/mol. The van der Waals surface area contributed by atoms with Crippen LogP contribution >= 0.6 is 0 Å². The van der Waals surface area contributed by atoms with Crippen molar-refractivity contribution in [1.82, 2.24) is 0 Å². The van der Waals surface area contributed by atoms with Crippen molar-refractivity contribution in [1.29, 1.82) is 0 Å². The molecule has 0 saturated carbocycles. The number of rotatable bonds is 5. The van der Waals surface area contributed by atoms with Crippen LogP contribution in [0.25, 0.3) is 11.1 Å². The number of fused-ring (bicyclic) bond motifs is 3. The maximum atomic E-state index is 13.5. The molecule has 1 saturated heterocycles. The molecule has 0 aromatic heterocycles. The Balaban J connectivity index is 1.50. The fourth-order valence-corrected chi connectivity index (χ4v) is 4.33. The molecule has 2 heterocycles. The Morgan fingerprint density at radius 3 is 2.59 bits per heavy atom. The first kappa shape index (κ1) is 18.4. The second-order valence-electron chi connectivity index (χ2n) is 7.80. The van der Waals surface area contributed by atoms with Gasteiger partial charge in [-0.15, -0.1) is 0 Å². The summed E-state index contributed by atoms with van der Waals surface area (Å²) in [6.45, 7) is 3.70. The molecule has 2 aliphatic rings. The van der Waals surface area contributed by atoms with Crippen molar-refractivity contribution in [3.63, 3.8) is 0 Å². The Morgan fingerprint density at radius 1 is 0.963 bits per heavy atom. The van der Waals surface area contributed by atoms with E-state index in [4.69, 9.17) is 9.47 Å². The Bertz CT molecular complexity index is 805. The number of hydrogen-bond donors (Lipinski definition) is 0. The predicted octanol–water partition coefficient (Wildman–Crippen LogP) is 6.30. The van der Waals surface area contributed by atoms with Crippen molar-refractivity contribution in [3.05, 3.63) is 53.6 Å². The van der Waals surface area contributed by atoms with Gasteiger partial charge in [-0.2, -0.15) is 0 Å². The molecule has 0 spiro atoms. The average Bonchev–Trinajstić information content (AvgIpc) is 2.69. The fourth-order valence-electron chi connectivity index (χ4n) is 4.33. The molecule has 0 aliphatic carbocycles. The van der Waals surface area contributed by atoms with Crippen molar-refractivity contribution in [2.24, 2.45) is 11.8 Å². The zero-order valence-electron chi connectivity index (χ0n) is 15.7. The Morgan fingerprint density at radius 2 is 1.78 bits per heavy atom. The first-order chi connectivity index (χ1) is 13.2. The van der Waals surface area contributed by atoms with E-state index in [0.717, 1.165) is 36.0 Å². The maximum Gasteiger partial charge on any atom is 0.159 e. The average molecular weight is 372 g/mol. The molecule has 0 amide bonds. The standard InChI is InChI=1S/C23H26F2O2/c1-2-3-4-5-15-10-18-14-26-22-12-17(6-8-19(22)23(18)27-13-15)16-7-9-20(24)21(25)11-16/h6-9,11-12,15,18,23H,2-5,10,13-14H2,1H3/t15-,18-,23+/m0/s1. The van der Waals surface area contributed by atoms with E-state index >= 15 is 0 Å². The zero-order chi connectivity index (χ0) is 18.8. The van der Waals surface area contributed by atoms with E-state index in [-0.39, 0.29) is 6.10 Å². The van der Waals surface area contributed by atoms with Crippen molar-refractivity contribution >= 4 is 0 Å². The van der Waals surface area contributed by atoms with Gasteiger partial charge in [0, 0.05) is 11.5 Å². The molecule has 2 aromatic rings. The minimum absolute atomic E-state index is 0.0789. The minimum atomic E-state index is -0.837. The summed E-state index contributed by atoms with van der Waals surface area (Å²) in [7, 11) is 0. The summed E-state index contributed by atoms with van der Waals surface area (Å²) in [6, 6.07) is 9.83. The van der Waals surface area contributed by atoms with Crippen LogP contribution in [0.2, 0.25) is 0 Å². The van der Waals surface area contributed by atoms with Gasteiger partial charge < -0.3 is 9.47 Å². The monoisotopic (exact) mass is 372 g/mol. The van der Waals surface area contributed by atoms with Gasteiger partial charge in [-0.3, -0.25) is 0 Å². The molecule has 4 heteroatoms. The van der Waals surface area contributed by atoms with Crippen molar-refractivity contribution in [3.8, 4) is 16.9 Å². The summed E-state index contributed by atoms with van der Waals surface area (Å²) in [5.41, 5.74) is 2.53. The molecule has 0 radical (unpaired) electrons. The van der Waals surface area contributed by atoms with Crippen molar-refractivity contribution < 1.29 is 18.3 Å². The summed E-state index contributed by atoms with van der Waals surface area (Å²) < 4.78 is 39.0. The zero-order valence-corrected chi connectivity index (χ0v) is 15.7. The van der Waals surface area contributed by atoms with E-state index in [0.29, 0.717) is 24.0 Å². The quantitative estimate of drug-likeness (QED) is 0.574. The smallest absolute Gasteiger partial charge is 0.159 e. The van der Waals surface area contributed by atoms with Gasteiger partial charge in [0.15, 0.2) is 11.6 Å². The molecule has 4 rings (SSSR count). The van der Waals surface area contributed by atoms with Crippen molar-refractivity contribution in [2.45, 2.75) is 45.1 Å². The third kappa shape index (κ3) is 3.86. The van der Waals surface area contributed by atoms with Gasteiger partial charge in [-0.05, 0) is 48.1 Å². The normalized spacial score (nSPS) is 24.0. The van der Waals surface area contributed by atoms with Gasteiger partial charge in [0.2, 0.25) is 0 Å². The molecule has 0 unspecified atom stereocenters. The molecule has 144 valence electrons. The largest absolute Gasteiger partial charge is 0.493 e. The Labute approximate surface area is 159 Å². The highest BCUT2D eigenvalue weighted by atomic mass is 19.2. The van der Waals surface area contributed by atoms with E-state index < -0.39 is 11.6 Å². The van der Waals surface area contributed by atoms with Crippen LogP contribution in [-0.4, -0.2) is 13.2 Å². The lowest BCUT2D eigenvalue weighted by Crippen LogP contribution is -2.35. The molecule has 2 aromatic carbocycles. The van der Waals surface area contributed by atoms with Crippen molar-refractivity contribution in [2.75, 3.05) is 13.2 Å². The van der Waals surface area contributed by atoms with E-state index in [1.165, 1.54) is 31.7 Å². The van der Waals surface area contributed by atoms with Crippen LogP contribution in [-0.2, 0) is 4.74 Å². The van der Waals surface area contributed by atoms with E-state index in [1.54, 1.807) is 6.07 Å². The number of hydrogen-bond acceptors (Lipinski definition) is 2. The van der Waals surface area contributed by atoms with E-state index in [9.17, 15) is 8.78 Å². The molecule has 2 nitrogen and oxygen atoms in total. The van der Waals surface area contributed by atoms with Gasteiger partial charge in [0.05, 0.1) is 19.3 Å². The lowest BCUT2D eigenvalue weighted by atomic mass is 9.81. The summed E-state index contributed by atoms with van der Waals surface area (Å²) >= 11 is 0. The summed E-state index contributed by atoms with van der Waals surface area (Å²) in [5, 5.41) is 0. The van der Waals surface area contributed by atoms with Gasteiger partial charge >= 0.3 is 0 Å². The minimum Gasteiger partial charge on any atom is -0.493 e. The second-order valence-corrected chi connectivity index (χ2v) is 7.80. The third-order valence-corrected chi connectivity index (χ3v) is 5.82. The van der Waals surface area contributed by atoms with E-state index in [1.807, 2.05) is 18.2 Å². The van der Waals surface area contributed by atoms with Crippen LogP contribution < -0.4 is 4.74 Å². The summed E-state index contributed by atoms with van der Waals surface area (Å²) in [6.07, 6.45) is 6.28. The lowest BCUT2D eigenvalue weighted by Gasteiger charge is -2.40. The van der Waals surface area contributed by atoms with Crippen LogP contribution in [0.3, 0.4) is 0 Å². The SMILES string of the molecule is CCCCC[C@@H]1CO[C@H]2c3ccc(-c4ccc(F)c(F)c4)cc3OC[C@@H]2C1. The van der Waals surface area contributed by atoms with Crippen LogP contribution in [0.5, 0.6) is 5.75 Å². The number of ether oxygens (including phenoxy) is 2. The fraction of sp³-hybridized carbons (Fsp3) is 0.478. The molecular weight excluding hydrogens is 346 g/mol. The molecule has 1 fully saturated rings. The Hall–Kier alpha value is -1.94. The third-order valence-electron chi connectivity index (χ3n) is 5.82. The van der Waals surface area contributed by atoms with Gasteiger partial charge in [0.25, 0.3) is 0 Å². The second kappa shape index (κ2) is 7.97. The molecule has 0 bridgehead atoms. The highest BCUT2D eigenvalue weighted by Crippen LogP contribution is 2.45. The summed E-state index contributed by atoms with van der Waals surface area (Å²) in [5.74, 6) is 0.148. The maximum absolute atomic E-state index is 13.5. The first-order valence-corrected chi connectivity index (χ1v) is 9.99. The highest BCUT2D eigenvalue weighted by Gasteiger charge is 2.37. The lowest BCUT2D eigenvalue weighted by molar-refractivity contribution is -0.0835. The van der Waals surface area contributed by atoms with Gasteiger partial charge in [-0.1, -0.05) is 44.4 Å². The van der Waals surface area contributed by atoms with Crippen LogP contribution in [0, 0.1) is 23.5 Å². The van der Waals surface area contributed by atoms with E-state index in [2.05, 4.69) is 6.92 Å².